The summed E-state index contributed by atoms with van der Waals surface area (Å²) in [5.74, 6) is -0.514. The molecule has 1 aromatic heterocycles. The highest BCUT2D eigenvalue weighted by Crippen LogP contribution is 2.47. The number of benzene rings is 1. The fourth-order valence-corrected chi connectivity index (χ4v) is 3.56. The van der Waals surface area contributed by atoms with E-state index >= 15 is 0 Å². The molecule has 152 valence electrons. The van der Waals surface area contributed by atoms with Crippen LogP contribution in [0.2, 0.25) is 0 Å². The summed E-state index contributed by atoms with van der Waals surface area (Å²) in [6.07, 6.45) is 3.36. The third-order valence-electron chi connectivity index (χ3n) is 5.23. The Morgan fingerprint density at radius 3 is 2.59 bits per heavy atom. The van der Waals surface area contributed by atoms with Gasteiger partial charge < -0.3 is 10.1 Å². The number of nitro benzene ring substituents is 1. The molecule has 0 bridgehead atoms. The summed E-state index contributed by atoms with van der Waals surface area (Å²) in [7, 11) is 0. The predicted octanol–water partition coefficient (Wildman–Crippen LogP) is 4.23. The molecule has 3 rings (SSSR count). The number of carbonyl (C=O) groups is 2. The van der Waals surface area contributed by atoms with E-state index in [1.165, 1.54) is 23.4 Å². The average Bonchev–Trinajstić information content (AvgIpc) is 2.73. The second-order valence-corrected chi connectivity index (χ2v) is 6.65. The Hall–Kier alpha value is -3.49. The number of anilines is 2. The van der Waals surface area contributed by atoms with E-state index in [1.807, 2.05) is 13.8 Å². The van der Waals surface area contributed by atoms with Gasteiger partial charge in [-0.15, -0.1) is 0 Å². The van der Waals surface area contributed by atoms with Crippen LogP contribution in [-0.4, -0.2) is 28.5 Å². The molecule has 2 heterocycles. The second kappa shape index (κ2) is 7.86. The van der Waals surface area contributed by atoms with Crippen molar-refractivity contribution < 1.29 is 19.2 Å². The Morgan fingerprint density at radius 1 is 1.31 bits per heavy atom. The standard InChI is InChI=1S/C20H22N4O5/c1-4-20(5-2)14-10-15(22-18(25)13-8-7-9-21-12-13)17(24(27)28)11-16(14)23(6-3)19(26)29-20/h7-12H,4-6H2,1-3H3,(H,22,25). The van der Waals surface area contributed by atoms with Crippen molar-refractivity contribution in [1.29, 1.82) is 0 Å². The van der Waals surface area contributed by atoms with Crippen LogP contribution in [0.25, 0.3) is 0 Å². The minimum absolute atomic E-state index is 0.0443. The molecule has 0 fully saturated rings. The quantitative estimate of drug-likeness (QED) is 0.575. The Balaban J connectivity index is 2.16. The van der Waals surface area contributed by atoms with Crippen LogP contribution in [-0.2, 0) is 10.3 Å². The fraction of sp³-hybridized carbons (Fsp3) is 0.350. The first-order chi connectivity index (χ1) is 13.9. The highest BCUT2D eigenvalue weighted by Gasteiger charge is 2.44. The first-order valence-electron chi connectivity index (χ1n) is 9.41. The minimum atomic E-state index is -0.916. The van der Waals surface area contributed by atoms with Gasteiger partial charge in [-0.3, -0.25) is 24.8 Å². The molecule has 0 unspecified atom stereocenters. The molecule has 0 saturated carbocycles. The fourth-order valence-electron chi connectivity index (χ4n) is 3.56. The molecule has 29 heavy (non-hydrogen) atoms. The lowest BCUT2D eigenvalue weighted by atomic mass is 9.85. The van der Waals surface area contributed by atoms with Gasteiger partial charge in [0.05, 0.1) is 16.2 Å². The maximum atomic E-state index is 12.6. The van der Waals surface area contributed by atoms with Gasteiger partial charge in [-0.25, -0.2) is 4.79 Å². The molecule has 0 saturated heterocycles. The van der Waals surface area contributed by atoms with E-state index in [1.54, 1.807) is 25.1 Å². The zero-order chi connectivity index (χ0) is 21.2. The number of amides is 2. The number of hydrogen-bond acceptors (Lipinski definition) is 6. The first-order valence-corrected chi connectivity index (χ1v) is 9.41. The van der Waals surface area contributed by atoms with Crippen LogP contribution in [0.4, 0.5) is 21.9 Å². The Morgan fingerprint density at radius 2 is 2.03 bits per heavy atom. The van der Waals surface area contributed by atoms with Gasteiger partial charge >= 0.3 is 6.09 Å². The average molecular weight is 398 g/mol. The normalized spacial score (nSPS) is 14.7. The molecular formula is C20H22N4O5. The third kappa shape index (κ3) is 3.51. The van der Waals surface area contributed by atoms with Gasteiger partial charge in [0.25, 0.3) is 11.6 Å². The largest absolute Gasteiger partial charge is 0.438 e. The van der Waals surface area contributed by atoms with Crippen molar-refractivity contribution in [1.82, 2.24) is 4.98 Å². The minimum Gasteiger partial charge on any atom is -0.438 e. The monoisotopic (exact) mass is 398 g/mol. The number of nitro groups is 1. The molecule has 0 aliphatic carbocycles. The zero-order valence-electron chi connectivity index (χ0n) is 16.5. The van der Waals surface area contributed by atoms with Crippen molar-refractivity contribution in [2.24, 2.45) is 0 Å². The summed E-state index contributed by atoms with van der Waals surface area (Å²) in [5, 5.41) is 14.3. The van der Waals surface area contributed by atoms with E-state index in [9.17, 15) is 19.7 Å². The lowest BCUT2D eigenvalue weighted by Gasteiger charge is -2.41. The Kier molecular flexibility index (Phi) is 5.49. The van der Waals surface area contributed by atoms with Gasteiger partial charge in [0.15, 0.2) is 0 Å². The van der Waals surface area contributed by atoms with Crippen molar-refractivity contribution in [2.75, 3.05) is 16.8 Å². The van der Waals surface area contributed by atoms with Gasteiger partial charge in [-0.2, -0.15) is 0 Å². The number of hydrogen-bond donors (Lipinski definition) is 1. The molecule has 0 radical (unpaired) electrons. The summed E-state index contributed by atoms with van der Waals surface area (Å²) in [6.45, 7) is 5.84. The second-order valence-electron chi connectivity index (χ2n) is 6.65. The molecule has 0 atom stereocenters. The summed E-state index contributed by atoms with van der Waals surface area (Å²) in [5.41, 5.74) is 0.173. The number of nitrogens with one attached hydrogen (secondary N) is 1. The smallest absolute Gasteiger partial charge is 0.415 e. The van der Waals surface area contributed by atoms with Crippen molar-refractivity contribution in [2.45, 2.75) is 39.2 Å². The number of cyclic esters (lactones) is 1. The Bertz CT molecular complexity index is 957. The van der Waals surface area contributed by atoms with E-state index in [2.05, 4.69) is 10.3 Å². The summed E-state index contributed by atoms with van der Waals surface area (Å²) in [4.78, 5) is 41.5. The van der Waals surface area contributed by atoms with Crippen LogP contribution in [0.3, 0.4) is 0 Å². The third-order valence-corrected chi connectivity index (χ3v) is 5.23. The van der Waals surface area contributed by atoms with E-state index in [0.29, 0.717) is 30.6 Å². The van der Waals surface area contributed by atoms with Crippen molar-refractivity contribution in [3.05, 3.63) is 57.9 Å². The summed E-state index contributed by atoms with van der Waals surface area (Å²) >= 11 is 0. The molecule has 9 heteroatoms. The van der Waals surface area contributed by atoms with E-state index in [-0.39, 0.29) is 16.9 Å². The number of aromatic nitrogens is 1. The maximum absolute atomic E-state index is 12.6. The maximum Gasteiger partial charge on any atom is 0.415 e. The summed E-state index contributed by atoms with van der Waals surface area (Å²) in [6, 6.07) is 6.05. The number of ether oxygens (including phenoxy) is 1. The van der Waals surface area contributed by atoms with Crippen molar-refractivity contribution in [3.63, 3.8) is 0 Å². The van der Waals surface area contributed by atoms with Gasteiger partial charge in [0.2, 0.25) is 0 Å². The van der Waals surface area contributed by atoms with Crippen LogP contribution in [0, 0.1) is 10.1 Å². The highest BCUT2D eigenvalue weighted by atomic mass is 16.6. The lowest BCUT2D eigenvalue weighted by molar-refractivity contribution is -0.383. The number of nitrogens with zero attached hydrogens (tertiary/aromatic N) is 3. The molecule has 9 nitrogen and oxygen atoms in total. The van der Waals surface area contributed by atoms with Crippen LogP contribution in [0.1, 0.15) is 49.5 Å². The highest BCUT2D eigenvalue weighted by molar-refractivity contribution is 6.06. The topological polar surface area (TPSA) is 115 Å². The van der Waals surface area contributed by atoms with Crippen LogP contribution < -0.4 is 10.2 Å². The van der Waals surface area contributed by atoms with Crippen molar-refractivity contribution in [3.8, 4) is 0 Å². The number of fused-ring (bicyclic) bond motifs is 1. The molecular weight excluding hydrogens is 376 g/mol. The van der Waals surface area contributed by atoms with Gasteiger partial charge in [-0.1, -0.05) is 13.8 Å². The van der Waals surface area contributed by atoms with Crippen LogP contribution in [0.5, 0.6) is 0 Å². The first kappa shape index (κ1) is 20.2. The number of rotatable bonds is 6. The van der Waals surface area contributed by atoms with E-state index in [0.717, 1.165) is 0 Å². The molecule has 2 amide bonds. The molecule has 2 aromatic rings. The van der Waals surface area contributed by atoms with Crippen LogP contribution >= 0.6 is 0 Å². The molecule has 1 N–H and O–H groups in total. The number of carbonyl (C=O) groups excluding carboxylic acids is 2. The molecule has 1 aliphatic rings. The van der Waals surface area contributed by atoms with Crippen molar-refractivity contribution >= 4 is 29.1 Å². The van der Waals surface area contributed by atoms with Gasteiger partial charge in [-0.05, 0) is 38.0 Å². The molecule has 1 aromatic carbocycles. The zero-order valence-corrected chi connectivity index (χ0v) is 16.5. The van der Waals surface area contributed by atoms with E-state index < -0.39 is 22.5 Å². The summed E-state index contributed by atoms with van der Waals surface area (Å²) < 4.78 is 5.74. The Labute approximate surface area is 167 Å². The molecule has 0 spiro atoms. The van der Waals surface area contributed by atoms with Gasteiger partial charge in [0.1, 0.15) is 11.3 Å². The number of pyridine rings is 1. The SMILES string of the molecule is CCN1C(=O)OC(CC)(CC)c2cc(NC(=O)c3cccnc3)c([N+](=O)[O-])cc21. The molecule has 1 aliphatic heterocycles. The van der Waals surface area contributed by atoms with Crippen LogP contribution in [0.15, 0.2) is 36.7 Å². The van der Waals surface area contributed by atoms with Gasteiger partial charge in [0, 0.05) is 30.6 Å². The predicted molar refractivity (Wildman–Crippen MR) is 107 cm³/mol. The van der Waals surface area contributed by atoms with E-state index in [4.69, 9.17) is 4.74 Å². The lowest BCUT2D eigenvalue weighted by Crippen LogP contribution is -2.45.